The number of methoxy groups -OCH3 is 1. The molecule has 150 valence electrons. The molecule has 0 amide bonds. The van der Waals surface area contributed by atoms with E-state index >= 15 is 0 Å². The molecule has 0 radical (unpaired) electrons. The van der Waals surface area contributed by atoms with Crippen LogP contribution >= 0.6 is 11.6 Å². The molecule has 30 heavy (non-hydrogen) atoms. The molecule has 0 atom stereocenters. The third kappa shape index (κ3) is 4.99. The van der Waals surface area contributed by atoms with Gasteiger partial charge >= 0.3 is 5.97 Å². The van der Waals surface area contributed by atoms with Crippen molar-refractivity contribution in [2.45, 2.75) is 6.61 Å². The van der Waals surface area contributed by atoms with Gasteiger partial charge < -0.3 is 14.6 Å². The minimum Gasteiger partial charge on any atom is -0.493 e. The van der Waals surface area contributed by atoms with Gasteiger partial charge in [-0.15, -0.1) is 0 Å². The molecule has 3 aromatic carbocycles. The number of halogens is 1. The van der Waals surface area contributed by atoms with Gasteiger partial charge in [0.1, 0.15) is 6.61 Å². The minimum absolute atomic E-state index is 0.208. The van der Waals surface area contributed by atoms with Gasteiger partial charge in [0.15, 0.2) is 11.5 Å². The Morgan fingerprint density at radius 1 is 1.10 bits per heavy atom. The number of carboxylic acid groups (broad SMARTS) is 1. The number of hydrogen-bond acceptors (Lipinski definition) is 4. The van der Waals surface area contributed by atoms with Crippen LogP contribution in [-0.2, 0) is 6.61 Å². The highest BCUT2D eigenvalue weighted by atomic mass is 35.5. The molecule has 6 heteroatoms. The van der Waals surface area contributed by atoms with Crippen molar-refractivity contribution in [2.24, 2.45) is 0 Å². The summed E-state index contributed by atoms with van der Waals surface area (Å²) in [6.45, 7) is 0.208. The summed E-state index contributed by atoms with van der Waals surface area (Å²) in [7, 11) is 1.54. The summed E-state index contributed by atoms with van der Waals surface area (Å²) >= 11 is 6.06. The highest BCUT2D eigenvalue weighted by molar-refractivity contribution is 6.30. The van der Waals surface area contributed by atoms with Crippen molar-refractivity contribution in [3.63, 3.8) is 0 Å². The van der Waals surface area contributed by atoms with Crippen LogP contribution in [0, 0.1) is 11.3 Å². The Labute approximate surface area is 179 Å². The highest BCUT2D eigenvalue weighted by Gasteiger charge is 2.12. The Kier molecular flexibility index (Phi) is 6.74. The Morgan fingerprint density at radius 2 is 1.83 bits per heavy atom. The molecule has 3 rings (SSSR count). The molecule has 3 aromatic rings. The van der Waals surface area contributed by atoms with Gasteiger partial charge in [-0.1, -0.05) is 48.0 Å². The van der Waals surface area contributed by atoms with E-state index in [0.717, 1.165) is 5.56 Å². The van der Waals surface area contributed by atoms with Gasteiger partial charge in [0.05, 0.1) is 24.3 Å². The maximum Gasteiger partial charge on any atom is 0.335 e. The first-order valence-electron chi connectivity index (χ1n) is 9.01. The number of allylic oxidation sites excluding steroid dienone is 1. The van der Waals surface area contributed by atoms with Crippen LogP contribution in [0.1, 0.15) is 27.0 Å². The van der Waals surface area contributed by atoms with E-state index in [1.807, 2.05) is 18.2 Å². The van der Waals surface area contributed by atoms with Gasteiger partial charge in [-0.2, -0.15) is 5.26 Å². The number of rotatable bonds is 7. The lowest BCUT2D eigenvalue weighted by molar-refractivity contribution is 0.0697. The number of ether oxygens (including phenoxy) is 2. The number of aromatic carboxylic acids is 1. The fourth-order valence-electron chi connectivity index (χ4n) is 2.85. The smallest absolute Gasteiger partial charge is 0.335 e. The molecular weight excluding hydrogens is 402 g/mol. The summed E-state index contributed by atoms with van der Waals surface area (Å²) < 4.78 is 11.4. The molecule has 0 aliphatic heterocycles. The maximum atomic E-state index is 11.0. The van der Waals surface area contributed by atoms with E-state index in [1.165, 1.54) is 12.1 Å². The Morgan fingerprint density at radius 3 is 2.47 bits per heavy atom. The summed E-state index contributed by atoms with van der Waals surface area (Å²) in [5.74, 6) is 0.0241. The van der Waals surface area contributed by atoms with Crippen LogP contribution in [0.25, 0.3) is 11.6 Å². The van der Waals surface area contributed by atoms with E-state index in [4.69, 9.17) is 26.2 Å². The number of carboxylic acids is 1. The molecule has 0 fully saturated rings. The van der Waals surface area contributed by atoms with Crippen LogP contribution in [0.5, 0.6) is 11.5 Å². The quantitative estimate of drug-likeness (QED) is 0.393. The molecule has 1 N–H and O–H groups in total. The third-order valence-corrected chi connectivity index (χ3v) is 4.60. The molecule has 0 heterocycles. The maximum absolute atomic E-state index is 11.0. The first-order chi connectivity index (χ1) is 14.5. The average Bonchev–Trinajstić information content (AvgIpc) is 2.76. The topological polar surface area (TPSA) is 79.5 Å². The lowest BCUT2D eigenvalue weighted by atomic mass is 10.0. The lowest BCUT2D eigenvalue weighted by Gasteiger charge is -2.14. The summed E-state index contributed by atoms with van der Waals surface area (Å²) in [5.41, 5.74) is 2.81. The largest absolute Gasteiger partial charge is 0.493 e. The van der Waals surface area contributed by atoms with E-state index in [0.29, 0.717) is 33.2 Å². The van der Waals surface area contributed by atoms with Crippen molar-refractivity contribution in [1.82, 2.24) is 0 Å². The Balaban J connectivity index is 1.93. The van der Waals surface area contributed by atoms with Crippen molar-refractivity contribution in [3.8, 4) is 17.6 Å². The predicted molar refractivity (Wildman–Crippen MR) is 116 cm³/mol. The first-order valence-corrected chi connectivity index (χ1v) is 9.39. The van der Waals surface area contributed by atoms with Gasteiger partial charge in [-0.05, 0) is 47.5 Å². The molecule has 0 aliphatic rings. The summed E-state index contributed by atoms with van der Waals surface area (Å²) in [5, 5.41) is 19.2. The van der Waals surface area contributed by atoms with Crippen LogP contribution in [-0.4, -0.2) is 18.2 Å². The minimum atomic E-state index is -0.982. The predicted octanol–water partition coefficient (Wildman–Crippen LogP) is 5.69. The van der Waals surface area contributed by atoms with Gasteiger partial charge in [-0.25, -0.2) is 4.79 Å². The van der Waals surface area contributed by atoms with Crippen molar-refractivity contribution >= 4 is 29.2 Å². The van der Waals surface area contributed by atoms with Crippen LogP contribution in [0.2, 0.25) is 5.02 Å². The van der Waals surface area contributed by atoms with Crippen molar-refractivity contribution in [3.05, 3.63) is 94.0 Å². The zero-order chi connectivity index (χ0) is 21.5. The van der Waals surface area contributed by atoms with E-state index in [-0.39, 0.29) is 12.2 Å². The van der Waals surface area contributed by atoms with E-state index in [9.17, 15) is 10.1 Å². The van der Waals surface area contributed by atoms with Gasteiger partial charge in [0.25, 0.3) is 0 Å². The van der Waals surface area contributed by atoms with Crippen LogP contribution in [0.3, 0.4) is 0 Å². The third-order valence-electron chi connectivity index (χ3n) is 4.37. The molecule has 0 bridgehead atoms. The second kappa shape index (κ2) is 9.64. The summed E-state index contributed by atoms with van der Waals surface area (Å²) in [6.07, 6.45) is 1.72. The molecule has 0 unspecified atom stereocenters. The van der Waals surface area contributed by atoms with Crippen molar-refractivity contribution in [1.29, 1.82) is 5.26 Å². The molecule has 0 aromatic heterocycles. The SMILES string of the molecule is COc1cccc(/C=C(/C#N)c2cccc(Cl)c2)c1OCc1ccc(C(=O)O)cc1. The van der Waals surface area contributed by atoms with E-state index in [2.05, 4.69) is 6.07 Å². The van der Waals surface area contributed by atoms with E-state index < -0.39 is 5.97 Å². The standard InChI is InChI=1S/C24H18ClNO4/c1-29-22-7-3-5-19(12-20(14-26)18-4-2-6-21(25)13-18)23(22)30-15-16-8-10-17(11-9-16)24(27)28/h2-13H,15H2,1H3,(H,27,28)/b20-12-. The van der Waals surface area contributed by atoms with Crippen LogP contribution in [0.4, 0.5) is 0 Å². The second-order valence-electron chi connectivity index (χ2n) is 6.35. The van der Waals surface area contributed by atoms with Crippen LogP contribution in [0.15, 0.2) is 66.7 Å². The first kappa shape index (κ1) is 21.0. The second-order valence-corrected chi connectivity index (χ2v) is 6.79. The zero-order valence-electron chi connectivity index (χ0n) is 16.1. The zero-order valence-corrected chi connectivity index (χ0v) is 16.9. The summed E-state index contributed by atoms with van der Waals surface area (Å²) in [4.78, 5) is 11.0. The number of nitrogens with zero attached hydrogens (tertiary/aromatic N) is 1. The molecule has 0 saturated carbocycles. The molecule has 5 nitrogen and oxygen atoms in total. The monoisotopic (exact) mass is 419 g/mol. The summed E-state index contributed by atoms with van der Waals surface area (Å²) in [6, 6.07) is 21.1. The Bertz CT molecular complexity index is 1130. The number of hydrogen-bond donors (Lipinski definition) is 1. The van der Waals surface area contributed by atoms with E-state index in [1.54, 1.807) is 49.6 Å². The Hall–Kier alpha value is -3.75. The lowest BCUT2D eigenvalue weighted by Crippen LogP contribution is -2.01. The average molecular weight is 420 g/mol. The molecule has 0 spiro atoms. The highest BCUT2D eigenvalue weighted by Crippen LogP contribution is 2.34. The normalized spacial score (nSPS) is 10.9. The van der Waals surface area contributed by atoms with Gasteiger partial charge in [0.2, 0.25) is 0 Å². The molecular formula is C24H18ClNO4. The molecule has 0 saturated heterocycles. The van der Waals surface area contributed by atoms with Gasteiger partial charge in [0, 0.05) is 10.6 Å². The van der Waals surface area contributed by atoms with Crippen molar-refractivity contribution in [2.75, 3.05) is 7.11 Å². The number of carbonyl (C=O) groups is 1. The fraction of sp³-hybridized carbons (Fsp3) is 0.0833. The van der Waals surface area contributed by atoms with Crippen LogP contribution < -0.4 is 9.47 Å². The number of nitriles is 1. The fourth-order valence-corrected chi connectivity index (χ4v) is 3.04. The van der Waals surface area contributed by atoms with Gasteiger partial charge in [-0.3, -0.25) is 0 Å². The molecule has 0 aliphatic carbocycles. The number of para-hydroxylation sites is 1. The number of benzene rings is 3. The van der Waals surface area contributed by atoms with Crippen molar-refractivity contribution < 1.29 is 19.4 Å².